The summed E-state index contributed by atoms with van der Waals surface area (Å²) in [6.07, 6.45) is 4.55. The molecule has 3 aromatic rings. The fourth-order valence-corrected chi connectivity index (χ4v) is 4.23. The molecule has 1 saturated heterocycles. The Balaban J connectivity index is 1.52. The number of aromatic amines is 1. The van der Waals surface area contributed by atoms with Gasteiger partial charge in [0.2, 0.25) is 0 Å². The van der Waals surface area contributed by atoms with Crippen LogP contribution in [0.1, 0.15) is 29.9 Å². The molecule has 6 heteroatoms. The van der Waals surface area contributed by atoms with Gasteiger partial charge in [-0.3, -0.25) is 0 Å². The molecule has 2 aromatic carbocycles. The van der Waals surface area contributed by atoms with Gasteiger partial charge < -0.3 is 20.4 Å². The lowest BCUT2D eigenvalue weighted by Gasteiger charge is -2.21. The lowest BCUT2D eigenvalue weighted by Crippen LogP contribution is -2.41. The highest BCUT2D eigenvalue weighted by molar-refractivity contribution is 7.80. The van der Waals surface area contributed by atoms with Gasteiger partial charge in [0.1, 0.15) is 0 Å². The minimum absolute atomic E-state index is 0.0762. The van der Waals surface area contributed by atoms with E-state index in [2.05, 4.69) is 46.1 Å². The third-order valence-electron chi connectivity index (χ3n) is 5.26. The molecule has 2 atom stereocenters. The van der Waals surface area contributed by atoms with Gasteiger partial charge in [0.05, 0.1) is 6.10 Å². The lowest BCUT2D eigenvalue weighted by atomic mass is 9.91. The number of thiocarbonyl (C=S) groups is 1. The molecule has 0 amide bonds. The first-order chi connectivity index (χ1) is 13.7. The summed E-state index contributed by atoms with van der Waals surface area (Å²) in [7, 11) is 0. The lowest BCUT2D eigenvalue weighted by molar-refractivity contribution is 0.114. The molecule has 4 nitrogen and oxygen atoms in total. The molecule has 3 N–H and O–H groups in total. The van der Waals surface area contributed by atoms with Crippen LogP contribution in [0.4, 0.5) is 0 Å². The van der Waals surface area contributed by atoms with Crippen molar-refractivity contribution < 1.29 is 4.74 Å². The number of nitrogens with one attached hydrogen (secondary N) is 3. The quantitative estimate of drug-likeness (QED) is 0.517. The Bertz CT molecular complexity index is 952. The van der Waals surface area contributed by atoms with E-state index >= 15 is 0 Å². The smallest absolute Gasteiger partial charge is 0.166 e. The first-order valence-corrected chi connectivity index (χ1v) is 10.4. The monoisotopic (exact) mass is 413 g/mol. The van der Waals surface area contributed by atoms with Gasteiger partial charge in [-0.1, -0.05) is 48.0 Å². The highest BCUT2D eigenvalue weighted by Gasteiger charge is 2.21. The van der Waals surface area contributed by atoms with Gasteiger partial charge in [-0.2, -0.15) is 0 Å². The zero-order valence-corrected chi connectivity index (χ0v) is 17.2. The molecule has 1 aliphatic heterocycles. The molecular weight excluding hydrogens is 390 g/mol. The molecule has 0 saturated carbocycles. The van der Waals surface area contributed by atoms with Crippen molar-refractivity contribution in [3.63, 3.8) is 0 Å². The number of ether oxygens (including phenoxy) is 1. The van der Waals surface area contributed by atoms with Crippen molar-refractivity contribution in [3.05, 3.63) is 70.9 Å². The number of H-pyrrole nitrogens is 1. The highest BCUT2D eigenvalue weighted by atomic mass is 35.5. The maximum atomic E-state index is 6.55. The van der Waals surface area contributed by atoms with Gasteiger partial charge in [0.15, 0.2) is 5.11 Å². The fraction of sp³-hybridized carbons (Fsp3) is 0.318. The highest BCUT2D eigenvalue weighted by Crippen LogP contribution is 2.34. The summed E-state index contributed by atoms with van der Waals surface area (Å²) in [6, 6.07) is 16.3. The zero-order chi connectivity index (χ0) is 19.3. The first-order valence-electron chi connectivity index (χ1n) is 9.66. The van der Waals surface area contributed by atoms with Crippen LogP contribution in [0.25, 0.3) is 10.9 Å². The molecule has 28 heavy (non-hydrogen) atoms. The second-order valence-corrected chi connectivity index (χ2v) is 7.91. The van der Waals surface area contributed by atoms with Crippen LogP contribution in [0.2, 0.25) is 5.02 Å². The average molecular weight is 414 g/mol. The summed E-state index contributed by atoms with van der Waals surface area (Å²) in [5.74, 6) is 0.0762. The van der Waals surface area contributed by atoms with Gasteiger partial charge in [-0.15, -0.1) is 0 Å². The van der Waals surface area contributed by atoms with Crippen molar-refractivity contribution in [2.75, 3.05) is 19.7 Å². The van der Waals surface area contributed by atoms with Crippen LogP contribution in [0.15, 0.2) is 54.7 Å². The summed E-state index contributed by atoms with van der Waals surface area (Å²) in [4.78, 5) is 3.37. The number of hydrogen-bond donors (Lipinski definition) is 3. The maximum Gasteiger partial charge on any atom is 0.166 e. The Kier molecular flexibility index (Phi) is 6.15. The number of para-hydroxylation sites is 1. The number of halogens is 1. The van der Waals surface area contributed by atoms with Crippen LogP contribution >= 0.6 is 23.8 Å². The van der Waals surface area contributed by atoms with Gasteiger partial charge in [-0.25, -0.2) is 0 Å². The molecule has 1 fully saturated rings. The number of aromatic nitrogens is 1. The van der Waals surface area contributed by atoms with Crippen LogP contribution in [0.3, 0.4) is 0 Å². The minimum atomic E-state index is 0.0762. The van der Waals surface area contributed by atoms with Gasteiger partial charge >= 0.3 is 0 Å². The van der Waals surface area contributed by atoms with E-state index in [4.69, 9.17) is 28.6 Å². The number of fused-ring (bicyclic) bond motifs is 1. The van der Waals surface area contributed by atoms with E-state index in [1.54, 1.807) is 0 Å². The Hall–Kier alpha value is -2.08. The minimum Gasteiger partial charge on any atom is -0.376 e. The molecule has 1 aliphatic rings. The van der Waals surface area contributed by atoms with E-state index in [1.807, 2.05) is 24.3 Å². The second kappa shape index (κ2) is 8.95. The second-order valence-electron chi connectivity index (χ2n) is 7.09. The van der Waals surface area contributed by atoms with Crippen LogP contribution in [0.5, 0.6) is 0 Å². The zero-order valence-electron chi connectivity index (χ0n) is 15.6. The molecular formula is C22H24ClN3OS. The van der Waals surface area contributed by atoms with E-state index in [-0.39, 0.29) is 12.0 Å². The Morgan fingerprint density at radius 2 is 1.96 bits per heavy atom. The van der Waals surface area contributed by atoms with Gasteiger partial charge in [0, 0.05) is 47.7 Å². The first kappa shape index (κ1) is 19.2. The van der Waals surface area contributed by atoms with Crippen LogP contribution in [-0.2, 0) is 4.74 Å². The van der Waals surface area contributed by atoms with Crippen molar-refractivity contribution in [2.45, 2.75) is 24.9 Å². The fourth-order valence-electron chi connectivity index (χ4n) is 3.80. The number of rotatable bonds is 6. The summed E-state index contributed by atoms with van der Waals surface area (Å²) >= 11 is 12.0. The largest absolute Gasteiger partial charge is 0.376 e. The van der Waals surface area contributed by atoms with Crippen molar-refractivity contribution in [1.82, 2.24) is 15.6 Å². The summed E-state index contributed by atoms with van der Waals surface area (Å²) in [6.45, 7) is 2.25. The predicted molar refractivity (Wildman–Crippen MR) is 119 cm³/mol. The summed E-state index contributed by atoms with van der Waals surface area (Å²) < 4.78 is 5.65. The van der Waals surface area contributed by atoms with Crippen molar-refractivity contribution >= 4 is 39.8 Å². The van der Waals surface area contributed by atoms with E-state index in [0.29, 0.717) is 11.7 Å². The predicted octanol–water partition coefficient (Wildman–Crippen LogP) is 4.60. The van der Waals surface area contributed by atoms with Crippen molar-refractivity contribution in [1.29, 1.82) is 0 Å². The third kappa shape index (κ3) is 4.32. The van der Waals surface area contributed by atoms with Crippen LogP contribution < -0.4 is 10.6 Å². The Morgan fingerprint density at radius 1 is 1.14 bits per heavy atom. The molecule has 0 spiro atoms. The van der Waals surface area contributed by atoms with E-state index in [0.717, 1.165) is 42.1 Å². The summed E-state index contributed by atoms with van der Waals surface area (Å²) in [5.41, 5.74) is 3.41. The standard InChI is InChI=1S/C22H24ClN3OS/c23-20-9-3-1-7-16(20)18(19-13-24-21-10-4-2-8-17(19)21)14-26-22(28)25-12-15-6-5-11-27-15/h1-4,7-10,13,15,18,24H,5-6,11-12,14H2,(H2,25,26,28)/t15-,18+/m0/s1. The SMILES string of the molecule is S=C(NC[C@@H]1CCCO1)NC[C@H](c1ccccc1Cl)c1c[nH]c2ccccc12. The van der Waals surface area contributed by atoms with Crippen LogP contribution in [0, 0.1) is 0 Å². The van der Waals surface area contributed by atoms with Crippen LogP contribution in [-0.4, -0.2) is 35.9 Å². The molecule has 0 bridgehead atoms. The normalized spacial score (nSPS) is 17.5. The van der Waals surface area contributed by atoms with E-state index in [1.165, 1.54) is 10.9 Å². The molecule has 0 unspecified atom stereocenters. The number of benzene rings is 2. The van der Waals surface area contributed by atoms with Gasteiger partial charge in [-0.05, 0) is 48.3 Å². The van der Waals surface area contributed by atoms with Crippen molar-refractivity contribution in [2.24, 2.45) is 0 Å². The number of hydrogen-bond acceptors (Lipinski definition) is 2. The topological polar surface area (TPSA) is 49.1 Å². The molecule has 1 aromatic heterocycles. The molecule has 4 rings (SSSR count). The summed E-state index contributed by atoms with van der Waals surface area (Å²) in [5, 5.41) is 9.27. The Morgan fingerprint density at radius 3 is 2.79 bits per heavy atom. The Labute approximate surface area is 175 Å². The van der Waals surface area contributed by atoms with Crippen molar-refractivity contribution in [3.8, 4) is 0 Å². The molecule has 0 aliphatic carbocycles. The molecule has 2 heterocycles. The van der Waals surface area contributed by atoms with E-state index in [9.17, 15) is 0 Å². The van der Waals surface area contributed by atoms with Gasteiger partial charge in [0.25, 0.3) is 0 Å². The molecule has 0 radical (unpaired) electrons. The average Bonchev–Trinajstić information content (AvgIpc) is 3.38. The maximum absolute atomic E-state index is 6.55. The third-order valence-corrected chi connectivity index (χ3v) is 5.89. The molecule has 146 valence electrons. The van der Waals surface area contributed by atoms with E-state index < -0.39 is 0 Å².